The first-order chi connectivity index (χ1) is 10.3. The molecule has 1 aliphatic heterocycles. The fourth-order valence-corrected chi connectivity index (χ4v) is 5.17. The predicted molar refractivity (Wildman–Crippen MR) is 80.7 cm³/mol. The summed E-state index contributed by atoms with van der Waals surface area (Å²) in [5, 5.41) is 10.9. The quantitative estimate of drug-likeness (QED) is 0.870. The average molecular weight is 280 g/mol. The number of rotatable bonds is 1. The van der Waals surface area contributed by atoms with Gasteiger partial charge in [0.05, 0.1) is 30.4 Å². The molecule has 3 saturated carbocycles. The fourth-order valence-electron chi connectivity index (χ4n) is 5.17. The van der Waals surface area contributed by atoms with Crippen molar-refractivity contribution in [1.29, 1.82) is 0 Å². The van der Waals surface area contributed by atoms with Crippen LogP contribution in [-0.2, 0) is 0 Å². The summed E-state index contributed by atoms with van der Waals surface area (Å²) in [5.41, 5.74) is 3.89. The summed E-state index contributed by atoms with van der Waals surface area (Å²) in [7, 11) is 0. The van der Waals surface area contributed by atoms with Crippen LogP contribution in [0.5, 0.6) is 0 Å². The number of aliphatic hydroxyl groups is 1. The highest BCUT2D eigenvalue weighted by atomic mass is 16.3. The van der Waals surface area contributed by atoms with Gasteiger partial charge in [-0.1, -0.05) is 24.3 Å². The third-order valence-electron chi connectivity index (χ3n) is 6.12. The Kier molecular flexibility index (Phi) is 2.40. The van der Waals surface area contributed by atoms with E-state index in [9.17, 15) is 5.11 Å². The molecule has 1 aromatic carbocycles. The molecule has 6 rings (SSSR count). The van der Waals surface area contributed by atoms with Gasteiger partial charge in [0, 0.05) is 11.5 Å². The first kappa shape index (κ1) is 12.0. The van der Waals surface area contributed by atoms with Crippen molar-refractivity contribution in [2.75, 3.05) is 0 Å². The van der Waals surface area contributed by atoms with Crippen molar-refractivity contribution in [3.63, 3.8) is 0 Å². The van der Waals surface area contributed by atoms with Crippen LogP contribution in [-0.4, -0.2) is 20.8 Å². The SMILES string of the molecule is O[C@@H]1C2CCC(CC2)[C@@H]1C1c2ccccc2-c2cncn21. The van der Waals surface area contributed by atoms with Gasteiger partial charge >= 0.3 is 0 Å². The Morgan fingerprint density at radius 3 is 2.62 bits per heavy atom. The molecule has 1 aromatic heterocycles. The zero-order chi connectivity index (χ0) is 14.0. The highest BCUT2D eigenvalue weighted by molar-refractivity contribution is 5.69. The van der Waals surface area contributed by atoms with Crippen LogP contribution in [0.4, 0.5) is 0 Å². The minimum Gasteiger partial charge on any atom is -0.392 e. The summed E-state index contributed by atoms with van der Waals surface area (Å²) >= 11 is 0. The number of fused-ring (bicyclic) bond motifs is 6. The van der Waals surface area contributed by atoms with E-state index in [-0.39, 0.29) is 12.1 Å². The maximum absolute atomic E-state index is 10.9. The van der Waals surface area contributed by atoms with Gasteiger partial charge in [-0.3, -0.25) is 0 Å². The van der Waals surface area contributed by atoms with E-state index >= 15 is 0 Å². The van der Waals surface area contributed by atoms with E-state index in [1.165, 1.54) is 42.5 Å². The van der Waals surface area contributed by atoms with Gasteiger partial charge < -0.3 is 9.67 Å². The molecular weight excluding hydrogens is 260 g/mol. The van der Waals surface area contributed by atoms with Gasteiger partial charge in [-0.05, 0) is 43.1 Å². The Morgan fingerprint density at radius 2 is 1.81 bits per heavy atom. The lowest BCUT2D eigenvalue weighted by molar-refractivity contribution is -0.0693. The molecule has 3 fully saturated rings. The molecule has 0 saturated heterocycles. The molecule has 0 spiro atoms. The molecule has 3 nitrogen and oxygen atoms in total. The summed E-state index contributed by atoms with van der Waals surface area (Å²) in [6, 6.07) is 8.93. The lowest BCUT2D eigenvalue weighted by atomic mass is 9.60. The second kappa shape index (κ2) is 4.20. The Morgan fingerprint density at radius 1 is 1.05 bits per heavy atom. The van der Waals surface area contributed by atoms with Crippen molar-refractivity contribution in [2.45, 2.75) is 37.8 Å². The molecule has 1 unspecified atom stereocenters. The van der Waals surface area contributed by atoms with E-state index in [4.69, 9.17) is 0 Å². The van der Waals surface area contributed by atoms with Gasteiger partial charge in [0.15, 0.2) is 0 Å². The van der Waals surface area contributed by atoms with Crippen LogP contribution < -0.4 is 0 Å². The highest BCUT2D eigenvalue weighted by Crippen LogP contribution is 2.54. The maximum atomic E-state index is 10.9. The molecule has 21 heavy (non-hydrogen) atoms. The van der Waals surface area contributed by atoms with Gasteiger partial charge in [0.2, 0.25) is 0 Å². The summed E-state index contributed by atoms with van der Waals surface area (Å²) in [4.78, 5) is 4.36. The van der Waals surface area contributed by atoms with Gasteiger partial charge in [0.1, 0.15) is 0 Å². The maximum Gasteiger partial charge on any atom is 0.0956 e. The topological polar surface area (TPSA) is 38.1 Å². The van der Waals surface area contributed by atoms with Crippen molar-refractivity contribution >= 4 is 0 Å². The average Bonchev–Trinajstić information content (AvgIpc) is 3.10. The molecule has 0 radical (unpaired) electrons. The third kappa shape index (κ3) is 1.50. The van der Waals surface area contributed by atoms with E-state index in [2.05, 4.69) is 33.8 Å². The smallest absolute Gasteiger partial charge is 0.0956 e. The number of hydrogen-bond acceptors (Lipinski definition) is 2. The summed E-state index contributed by atoms with van der Waals surface area (Å²) in [6.07, 6.45) is 8.77. The minimum atomic E-state index is -0.149. The zero-order valence-electron chi connectivity index (χ0n) is 12.0. The molecule has 108 valence electrons. The van der Waals surface area contributed by atoms with Crippen molar-refractivity contribution in [1.82, 2.24) is 9.55 Å². The normalized spacial score (nSPS) is 36.5. The van der Waals surface area contributed by atoms with Crippen LogP contribution in [0.1, 0.15) is 37.3 Å². The van der Waals surface area contributed by atoms with Crippen molar-refractivity contribution in [3.8, 4) is 11.3 Å². The monoisotopic (exact) mass is 280 g/mol. The van der Waals surface area contributed by atoms with Crippen LogP contribution in [0.15, 0.2) is 36.8 Å². The van der Waals surface area contributed by atoms with Crippen molar-refractivity contribution < 1.29 is 5.11 Å². The summed E-state index contributed by atoms with van der Waals surface area (Å²) < 4.78 is 2.30. The first-order valence-corrected chi connectivity index (χ1v) is 8.14. The molecule has 3 atom stereocenters. The molecule has 1 N–H and O–H groups in total. The Bertz CT molecular complexity index is 682. The fraction of sp³-hybridized carbons (Fsp3) is 0.500. The minimum absolute atomic E-state index is 0.149. The van der Waals surface area contributed by atoms with E-state index in [0.717, 1.165) is 0 Å². The van der Waals surface area contributed by atoms with Crippen LogP contribution in [0.3, 0.4) is 0 Å². The predicted octanol–water partition coefficient (Wildman–Crippen LogP) is 3.25. The summed E-state index contributed by atoms with van der Waals surface area (Å²) in [5.74, 6) is 1.53. The number of nitrogens with zero attached hydrogens (tertiary/aromatic N) is 2. The van der Waals surface area contributed by atoms with Crippen molar-refractivity contribution in [2.24, 2.45) is 17.8 Å². The zero-order valence-corrected chi connectivity index (χ0v) is 12.0. The molecule has 2 bridgehead atoms. The van der Waals surface area contributed by atoms with Crippen LogP contribution in [0, 0.1) is 17.8 Å². The molecule has 2 aromatic rings. The largest absolute Gasteiger partial charge is 0.392 e. The van der Waals surface area contributed by atoms with Gasteiger partial charge in [0.25, 0.3) is 0 Å². The van der Waals surface area contributed by atoms with Crippen molar-refractivity contribution in [3.05, 3.63) is 42.4 Å². The Hall–Kier alpha value is -1.61. The number of hydrogen-bond donors (Lipinski definition) is 1. The third-order valence-corrected chi connectivity index (χ3v) is 6.12. The van der Waals surface area contributed by atoms with E-state index in [1.54, 1.807) is 0 Å². The molecule has 3 heteroatoms. The number of aromatic nitrogens is 2. The Labute approximate surface area is 124 Å². The number of imidazole rings is 1. The van der Waals surface area contributed by atoms with Crippen LogP contribution >= 0.6 is 0 Å². The van der Waals surface area contributed by atoms with E-state index < -0.39 is 0 Å². The highest BCUT2D eigenvalue weighted by Gasteiger charge is 2.49. The van der Waals surface area contributed by atoms with Gasteiger partial charge in [-0.15, -0.1) is 0 Å². The summed E-state index contributed by atoms with van der Waals surface area (Å²) in [6.45, 7) is 0. The van der Waals surface area contributed by atoms with Gasteiger partial charge in [-0.25, -0.2) is 4.98 Å². The molecule has 4 aliphatic rings. The van der Waals surface area contributed by atoms with Gasteiger partial charge in [-0.2, -0.15) is 0 Å². The van der Waals surface area contributed by atoms with E-state index in [1.807, 2.05) is 12.5 Å². The van der Waals surface area contributed by atoms with E-state index in [0.29, 0.717) is 17.8 Å². The molecular formula is C18H20N2O. The molecule has 3 aliphatic carbocycles. The van der Waals surface area contributed by atoms with Crippen LogP contribution in [0.2, 0.25) is 0 Å². The molecule has 2 heterocycles. The number of benzene rings is 1. The Balaban J connectivity index is 1.67. The van der Waals surface area contributed by atoms with Crippen LogP contribution in [0.25, 0.3) is 11.3 Å². The number of aliphatic hydroxyl groups excluding tert-OH is 1. The molecule has 0 amide bonds. The second-order valence-electron chi connectivity index (χ2n) is 6.96. The standard InChI is InChI=1S/C18H20N2O/c21-18-12-7-5-11(6-8-12)16(18)17-14-4-2-1-3-13(14)15-9-19-10-20(15)17/h1-4,9-12,16-18,21H,5-8H2/t11?,12?,16-,17?,18-/m1/s1. The lowest BCUT2D eigenvalue weighted by Crippen LogP contribution is -2.47. The second-order valence-corrected chi connectivity index (χ2v) is 6.96. The lowest BCUT2D eigenvalue weighted by Gasteiger charge is -2.49. The first-order valence-electron chi connectivity index (χ1n) is 8.14.